The molecule has 0 saturated carbocycles. The molecule has 1 aromatic carbocycles. The lowest BCUT2D eigenvalue weighted by molar-refractivity contribution is -0.0503. The lowest BCUT2D eigenvalue weighted by Crippen LogP contribution is -2.36. The Bertz CT molecular complexity index is 437. The fourth-order valence-electron chi connectivity index (χ4n) is 2.40. The molecular formula is C14H18BrF2NO2. The molecular weight excluding hydrogens is 332 g/mol. The molecule has 20 heavy (non-hydrogen) atoms. The van der Waals surface area contributed by atoms with Crippen molar-refractivity contribution in [2.45, 2.75) is 32.1 Å². The average Bonchev–Trinajstić information content (AvgIpc) is 2.42. The third-order valence-corrected chi connectivity index (χ3v) is 4.11. The highest BCUT2D eigenvalue weighted by molar-refractivity contribution is 9.10. The summed E-state index contributed by atoms with van der Waals surface area (Å²) < 4.78 is 34.7. The van der Waals surface area contributed by atoms with E-state index in [1.807, 2.05) is 12.1 Å². The van der Waals surface area contributed by atoms with E-state index in [9.17, 15) is 8.78 Å². The molecule has 0 bridgehead atoms. The van der Waals surface area contributed by atoms with Crippen molar-refractivity contribution in [1.29, 1.82) is 0 Å². The van der Waals surface area contributed by atoms with E-state index >= 15 is 0 Å². The first-order valence-corrected chi connectivity index (χ1v) is 7.36. The molecule has 0 amide bonds. The molecule has 6 heteroatoms. The topological polar surface area (TPSA) is 21.7 Å². The lowest BCUT2D eigenvalue weighted by Gasteiger charge is -2.31. The van der Waals surface area contributed by atoms with Gasteiger partial charge in [-0.05, 0) is 46.5 Å². The predicted molar refractivity (Wildman–Crippen MR) is 76.1 cm³/mol. The SMILES string of the molecule is COC1CCN(Cc2ccc(OC(F)F)c(Br)c2)CC1. The number of benzene rings is 1. The van der Waals surface area contributed by atoms with Crippen LogP contribution in [0.2, 0.25) is 0 Å². The normalized spacial score (nSPS) is 17.6. The Hall–Kier alpha value is -0.720. The van der Waals surface area contributed by atoms with Crippen LogP contribution in [0.25, 0.3) is 0 Å². The lowest BCUT2D eigenvalue weighted by atomic mass is 10.1. The van der Waals surface area contributed by atoms with E-state index in [2.05, 4.69) is 25.6 Å². The second-order valence-corrected chi connectivity index (χ2v) is 5.71. The fraction of sp³-hybridized carbons (Fsp3) is 0.571. The van der Waals surface area contributed by atoms with Crippen molar-refractivity contribution < 1.29 is 18.3 Å². The number of hydrogen-bond acceptors (Lipinski definition) is 3. The van der Waals surface area contributed by atoms with Crippen molar-refractivity contribution in [1.82, 2.24) is 4.90 Å². The van der Waals surface area contributed by atoms with E-state index in [0.717, 1.165) is 38.0 Å². The van der Waals surface area contributed by atoms with Crippen LogP contribution in [-0.2, 0) is 11.3 Å². The third kappa shape index (κ3) is 4.40. The van der Waals surface area contributed by atoms with Gasteiger partial charge in [-0.2, -0.15) is 8.78 Å². The van der Waals surface area contributed by atoms with Crippen molar-refractivity contribution in [3.8, 4) is 5.75 Å². The van der Waals surface area contributed by atoms with Gasteiger partial charge in [0.2, 0.25) is 0 Å². The first-order valence-electron chi connectivity index (χ1n) is 6.57. The highest BCUT2D eigenvalue weighted by Gasteiger charge is 2.19. The minimum absolute atomic E-state index is 0.168. The zero-order chi connectivity index (χ0) is 14.5. The van der Waals surface area contributed by atoms with Gasteiger partial charge < -0.3 is 9.47 Å². The van der Waals surface area contributed by atoms with Crippen LogP contribution in [0.5, 0.6) is 5.75 Å². The summed E-state index contributed by atoms with van der Waals surface area (Å²) >= 11 is 3.26. The van der Waals surface area contributed by atoms with Crippen molar-refractivity contribution in [2.75, 3.05) is 20.2 Å². The number of nitrogens with zero attached hydrogens (tertiary/aromatic N) is 1. The highest BCUT2D eigenvalue weighted by Crippen LogP contribution is 2.28. The Labute approximate surface area is 126 Å². The van der Waals surface area contributed by atoms with Crippen LogP contribution in [0.15, 0.2) is 22.7 Å². The van der Waals surface area contributed by atoms with Gasteiger partial charge in [-0.3, -0.25) is 4.90 Å². The standard InChI is InChI=1S/C14H18BrF2NO2/c1-19-11-4-6-18(7-5-11)9-10-2-3-13(12(15)8-10)20-14(16)17/h2-3,8,11,14H,4-7,9H2,1H3. The smallest absolute Gasteiger partial charge is 0.387 e. The number of hydrogen-bond donors (Lipinski definition) is 0. The van der Waals surface area contributed by atoms with Gasteiger partial charge in [0.15, 0.2) is 0 Å². The van der Waals surface area contributed by atoms with E-state index in [0.29, 0.717) is 10.6 Å². The average molecular weight is 350 g/mol. The quantitative estimate of drug-likeness (QED) is 0.809. The summed E-state index contributed by atoms with van der Waals surface area (Å²) in [4.78, 5) is 2.34. The molecule has 112 valence electrons. The molecule has 1 fully saturated rings. The predicted octanol–water partition coefficient (Wildman–Crippen LogP) is 3.66. The monoisotopic (exact) mass is 349 g/mol. The summed E-state index contributed by atoms with van der Waals surface area (Å²) in [5.74, 6) is 0.168. The summed E-state index contributed by atoms with van der Waals surface area (Å²) in [6, 6.07) is 5.23. The minimum Gasteiger partial charge on any atom is -0.434 e. The molecule has 0 atom stereocenters. The van der Waals surface area contributed by atoms with Gasteiger partial charge in [-0.1, -0.05) is 6.07 Å². The zero-order valence-electron chi connectivity index (χ0n) is 11.3. The van der Waals surface area contributed by atoms with Crippen LogP contribution < -0.4 is 4.74 Å². The Balaban J connectivity index is 1.92. The molecule has 1 aliphatic heterocycles. The van der Waals surface area contributed by atoms with Gasteiger partial charge in [0.1, 0.15) is 5.75 Å². The maximum Gasteiger partial charge on any atom is 0.387 e. The Morgan fingerprint density at radius 1 is 1.35 bits per heavy atom. The van der Waals surface area contributed by atoms with Crippen LogP contribution in [0.3, 0.4) is 0 Å². The Morgan fingerprint density at radius 2 is 2.05 bits per heavy atom. The molecule has 0 radical (unpaired) electrons. The van der Waals surface area contributed by atoms with Crippen molar-refractivity contribution in [2.24, 2.45) is 0 Å². The second-order valence-electron chi connectivity index (χ2n) is 4.85. The number of piperidine rings is 1. The Kier molecular flexibility index (Phi) is 5.74. The number of rotatable bonds is 5. The van der Waals surface area contributed by atoms with E-state index in [1.165, 1.54) is 0 Å². The summed E-state index contributed by atoms with van der Waals surface area (Å²) in [7, 11) is 1.75. The number of likely N-dealkylation sites (tertiary alicyclic amines) is 1. The minimum atomic E-state index is -2.80. The van der Waals surface area contributed by atoms with Crippen LogP contribution in [0, 0.1) is 0 Å². The van der Waals surface area contributed by atoms with Crippen molar-refractivity contribution in [3.05, 3.63) is 28.2 Å². The molecule has 1 heterocycles. The van der Waals surface area contributed by atoms with Gasteiger partial charge in [-0.25, -0.2) is 0 Å². The van der Waals surface area contributed by atoms with Gasteiger partial charge in [0.25, 0.3) is 0 Å². The molecule has 1 saturated heterocycles. The maximum atomic E-state index is 12.2. The maximum absolute atomic E-state index is 12.2. The molecule has 0 aromatic heterocycles. The second kappa shape index (κ2) is 7.33. The fourth-order valence-corrected chi connectivity index (χ4v) is 2.92. The van der Waals surface area contributed by atoms with Crippen molar-refractivity contribution >= 4 is 15.9 Å². The van der Waals surface area contributed by atoms with Crippen molar-refractivity contribution in [3.63, 3.8) is 0 Å². The van der Waals surface area contributed by atoms with Gasteiger partial charge in [0.05, 0.1) is 10.6 Å². The molecule has 1 aliphatic rings. The summed E-state index contributed by atoms with van der Waals surface area (Å²) in [5.41, 5.74) is 1.08. The summed E-state index contributed by atoms with van der Waals surface area (Å²) in [6.45, 7) is -0.00825. The number of alkyl halides is 2. The zero-order valence-corrected chi connectivity index (χ0v) is 12.9. The molecule has 1 aromatic rings. The first-order chi connectivity index (χ1) is 9.58. The van der Waals surface area contributed by atoms with Gasteiger partial charge >= 0.3 is 6.61 Å². The van der Waals surface area contributed by atoms with E-state index in [1.54, 1.807) is 13.2 Å². The van der Waals surface area contributed by atoms with Crippen LogP contribution in [-0.4, -0.2) is 37.8 Å². The number of halogens is 3. The molecule has 2 rings (SSSR count). The van der Waals surface area contributed by atoms with Crippen LogP contribution in [0.1, 0.15) is 18.4 Å². The molecule has 0 unspecified atom stereocenters. The molecule has 0 N–H and O–H groups in total. The van der Waals surface area contributed by atoms with E-state index < -0.39 is 6.61 Å². The molecule has 0 aliphatic carbocycles. The van der Waals surface area contributed by atoms with E-state index in [4.69, 9.17) is 4.74 Å². The summed E-state index contributed by atoms with van der Waals surface area (Å²) in [5, 5.41) is 0. The molecule has 3 nitrogen and oxygen atoms in total. The van der Waals surface area contributed by atoms with Gasteiger partial charge in [0, 0.05) is 26.7 Å². The van der Waals surface area contributed by atoms with Crippen LogP contribution >= 0.6 is 15.9 Å². The van der Waals surface area contributed by atoms with Gasteiger partial charge in [-0.15, -0.1) is 0 Å². The molecule has 0 spiro atoms. The van der Waals surface area contributed by atoms with Crippen LogP contribution in [0.4, 0.5) is 8.78 Å². The Morgan fingerprint density at radius 3 is 2.60 bits per heavy atom. The summed E-state index contributed by atoms with van der Waals surface area (Å²) in [6.07, 6.45) is 2.42. The number of ether oxygens (including phenoxy) is 2. The highest BCUT2D eigenvalue weighted by atomic mass is 79.9. The number of methoxy groups -OCH3 is 1. The third-order valence-electron chi connectivity index (χ3n) is 3.49. The first kappa shape index (κ1) is 15.7. The van der Waals surface area contributed by atoms with E-state index in [-0.39, 0.29) is 5.75 Å². The largest absolute Gasteiger partial charge is 0.434 e.